The SMILES string of the molecule is C=C(C)[C@H](CC1(O)CCCCC1)[Si](C)(C)c1ccccc1. The minimum atomic E-state index is -1.66. The van der Waals surface area contributed by atoms with Gasteiger partial charge in [-0.05, 0) is 31.7 Å². The fourth-order valence-electron chi connectivity index (χ4n) is 3.91. The molecule has 1 fully saturated rings. The van der Waals surface area contributed by atoms with Crippen LogP contribution in [-0.4, -0.2) is 18.8 Å². The lowest BCUT2D eigenvalue weighted by Gasteiger charge is -2.41. The first kappa shape index (κ1) is 16.5. The van der Waals surface area contributed by atoms with Gasteiger partial charge in [-0.1, -0.05) is 73.4 Å². The number of rotatable bonds is 5. The third kappa shape index (κ3) is 3.86. The van der Waals surface area contributed by atoms with Crippen LogP contribution < -0.4 is 5.19 Å². The van der Waals surface area contributed by atoms with Crippen LogP contribution in [-0.2, 0) is 0 Å². The Balaban J connectivity index is 2.24. The lowest BCUT2D eigenvalue weighted by Crippen LogP contribution is -2.49. The van der Waals surface area contributed by atoms with Crippen LogP contribution in [0.1, 0.15) is 45.4 Å². The Morgan fingerprint density at radius 2 is 1.76 bits per heavy atom. The van der Waals surface area contributed by atoms with Gasteiger partial charge in [0.1, 0.15) is 0 Å². The summed E-state index contributed by atoms with van der Waals surface area (Å²) in [6.45, 7) is 11.3. The first-order valence-electron chi connectivity index (χ1n) is 8.28. The molecule has 1 atom stereocenters. The van der Waals surface area contributed by atoms with E-state index in [2.05, 4.69) is 56.9 Å². The summed E-state index contributed by atoms with van der Waals surface area (Å²) in [5.74, 6) is 0. The minimum Gasteiger partial charge on any atom is -0.390 e. The fraction of sp³-hybridized carbons (Fsp3) is 0.579. The van der Waals surface area contributed by atoms with E-state index in [1.165, 1.54) is 30.0 Å². The highest BCUT2D eigenvalue weighted by Crippen LogP contribution is 2.41. The Morgan fingerprint density at radius 3 is 2.29 bits per heavy atom. The molecule has 21 heavy (non-hydrogen) atoms. The normalized spacial score (nSPS) is 20.0. The molecule has 1 aliphatic rings. The molecular weight excluding hydrogens is 272 g/mol. The van der Waals surface area contributed by atoms with Crippen molar-refractivity contribution in [1.82, 2.24) is 0 Å². The van der Waals surface area contributed by atoms with Gasteiger partial charge >= 0.3 is 0 Å². The summed E-state index contributed by atoms with van der Waals surface area (Å²) in [4.78, 5) is 0. The molecule has 0 aliphatic heterocycles. The highest BCUT2D eigenvalue weighted by atomic mass is 28.3. The van der Waals surface area contributed by atoms with Gasteiger partial charge in [-0.25, -0.2) is 0 Å². The lowest BCUT2D eigenvalue weighted by atomic mass is 9.81. The molecule has 116 valence electrons. The Morgan fingerprint density at radius 1 is 1.19 bits per heavy atom. The Hall–Kier alpha value is -0.863. The van der Waals surface area contributed by atoms with Gasteiger partial charge in [-0.3, -0.25) is 0 Å². The molecule has 0 bridgehead atoms. The largest absolute Gasteiger partial charge is 0.390 e. The molecule has 2 rings (SSSR count). The third-order valence-corrected chi connectivity index (χ3v) is 9.61. The maximum Gasteiger partial charge on any atom is 0.0877 e. The molecule has 1 aromatic carbocycles. The predicted molar refractivity (Wildman–Crippen MR) is 94.8 cm³/mol. The van der Waals surface area contributed by atoms with Crippen molar-refractivity contribution in [2.75, 3.05) is 0 Å². The van der Waals surface area contributed by atoms with E-state index in [0.717, 1.165) is 19.3 Å². The van der Waals surface area contributed by atoms with Crippen LogP contribution in [0.5, 0.6) is 0 Å². The van der Waals surface area contributed by atoms with E-state index in [4.69, 9.17) is 0 Å². The molecule has 0 unspecified atom stereocenters. The third-order valence-electron chi connectivity index (χ3n) is 5.35. The van der Waals surface area contributed by atoms with Crippen LogP contribution in [0.15, 0.2) is 42.5 Å². The van der Waals surface area contributed by atoms with Crippen molar-refractivity contribution >= 4 is 13.3 Å². The molecule has 0 saturated heterocycles. The molecule has 1 aliphatic carbocycles. The van der Waals surface area contributed by atoms with Gasteiger partial charge in [0.05, 0.1) is 13.7 Å². The minimum absolute atomic E-state index is 0.447. The summed E-state index contributed by atoms with van der Waals surface area (Å²) in [5, 5.41) is 12.5. The molecule has 1 aromatic rings. The van der Waals surface area contributed by atoms with E-state index in [1.807, 2.05) is 0 Å². The first-order valence-corrected chi connectivity index (χ1v) is 11.4. The average Bonchev–Trinajstić information content (AvgIpc) is 2.46. The summed E-state index contributed by atoms with van der Waals surface area (Å²) >= 11 is 0. The van der Waals surface area contributed by atoms with E-state index >= 15 is 0 Å². The number of benzene rings is 1. The van der Waals surface area contributed by atoms with Crippen molar-refractivity contribution in [3.63, 3.8) is 0 Å². The lowest BCUT2D eigenvalue weighted by molar-refractivity contribution is -0.00367. The predicted octanol–water partition coefficient (Wildman–Crippen LogP) is 4.63. The number of allylic oxidation sites excluding steroid dienone is 1. The number of hydrogen-bond acceptors (Lipinski definition) is 1. The maximum atomic E-state index is 11.0. The second-order valence-corrected chi connectivity index (χ2v) is 12.2. The highest BCUT2D eigenvalue weighted by Gasteiger charge is 2.40. The Bertz CT molecular complexity index is 472. The molecule has 0 amide bonds. The summed E-state index contributed by atoms with van der Waals surface area (Å²) in [6.07, 6.45) is 6.46. The van der Waals surface area contributed by atoms with Gasteiger partial charge in [0.15, 0.2) is 0 Å². The van der Waals surface area contributed by atoms with Crippen LogP contribution in [0.3, 0.4) is 0 Å². The Labute approximate surface area is 131 Å². The standard InChI is InChI=1S/C19H30OSi/c1-16(2)18(15-19(20)13-9-6-10-14-19)21(3,4)17-11-7-5-8-12-17/h5,7-8,11-12,18,20H,1,6,9-10,13-15H2,2-4H3/t18-/m0/s1. The van der Waals surface area contributed by atoms with Crippen LogP contribution in [0.2, 0.25) is 18.6 Å². The first-order chi connectivity index (χ1) is 9.85. The second kappa shape index (κ2) is 6.49. The highest BCUT2D eigenvalue weighted by molar-refractivity contribution is 6.91. The van der Waals surface area contributed by atoms with Crippen molar-refractivity contribution < 1.29 is 5.11 Å². The fourth-order valence-corrected chi connectivity index (χ4v) is 7.48. The van der Waals surface area contributed by atoms with Crippen molar-refractivity contribution in [2.24, 2.45) is 0 Å². The van der Waals surface area contributed by atoms with Crippen LogP contribution in [0, 0.1) is 0 Å². The van der Waals surface area contributed by atoms with E-state index in [1.54, 1.807) is 0 Å². The molecule has 0 radical (unpaired) electrons. The second-order valence-electron chi connectivity index (χ2n) is 7.48. The number of aliphatic hydroxyl groups is 1. The van der Waals surface area contributed by atoms with Gasteiger partial charge in [0, 0.05) is 0 Å². The van der Waals surface area contributed by atoms with Crippen molar-refractivity contribution in [2.45, 2.75) is 69.7 Å². The molecule has 0 heterocycles. The van der Waals surface area contributed by atoms with Gasteiger partial charge in [-0.2, -0.15) is 0 Å². The quantitative estimate of drug-likeness (QED) is 0.621. The van der Waals surface area contributed by atoms with E-state index < -0.39 is 13.7 Å². The molecular formula is C19H30OSi. The zero-order valence-corrected chi connectivity index (χ0v) is 14.9. The topological polar surface area (TPSA) is 20.2 Å². The number of hydrogen-bond donors (Lipinski definition) is 1. The molecule has 1 nitrogen and oxygen atoms in total. The van der Waals surface area contributed by atoms with Gasteiger partial charge in [-0.15, -0.1) is 6.58 Å². The molecule has 1 N–H and O–H groups in total. The summed E-state index contributed by atoms with van der Waals surface area (Å²) in [5.41, 5.74) is 1.23. The van der Waals surface area contributed by atoms with Gasteiger partial charge in [0.2, 0.25) is 0 Å². The van der Waals surface area contributed by atoms with E-state index in [0.29, 0.717) is 5.54 Å². The molecule has 1 saturated carbocycles. The molecule has 0 aromatic heterocycles. The Kier molecular flexibility index (Phi) is 5.10. The van der Waals surface area contributed by atoms with Gasteiger partial charge in [0.25, 0.3) is 0 Å². The zero-order valence-electron chi connectivity index (χ0n) is 13.9. The molecule has 0 spiro atoms. The van der Waals surface area contributed by atoms with Crippen LogP contribution in [0.4, 0.5) is 0 Å². The van der Waals surface area contributed by atoms with Crippen molar-refractivity contribution in [1.29, 1.82) is 0 Å². The van der Waals surface area contributed by atoms with E-state index in [9.17, 15) is 5.11 Å². The zero-order chi connectivity index (χ0) is 15.5. The molecule has 2 heteroatoms. The van der Waals surface area contributed by atoms with Gasteiger partial charge < -0.3 is 5.11 Å². The van der Waals surface area contributed by atoms with Crippen molar-refractivity contribution in [3.05, 3.63) is 42.5 Å². The van der Waals surface area contributed by atoms with Crippen LogP contribution in [0.25, 0.3) is 0 Å². The maximum absolute atomic E-state index is 11.0. The van der Waals surface area contributed by atoms with Crippen molar-refractivity contribution in [3.8, 4) is 0 Å². The van der Waals surface area contributed by atoms with Crippen LogP contribution >= 0.6 is 0 Å². The summed E-state index contributed by atoms with van der Waals surface area (Å²) < 4.78 is 0. The summed E-state index contributed by atoms with van der Waals surface area (Å²) in [6, 6.07) is 10.9. The van der Waals surface area contributed by atoms with E-state index in [-0.39, 0.29) is 0 Å². The average molecular weight is 303 g/mol. The summed E-state index contributed by atoms with van der Waals surface area (Å²) in [7, 11) is -1.66. The smallest absolute Gasteiger partial charge is 0.0877 e. The monoisotopic (exact) mass is 302 g/mol.